The van der Waals surface area contributed by atoms with Crippen molar-refractivity contribution in [1.82, 2.24) is 0 Å². The Hall–Kier alpha value is -1.45. The second kappa shape index (κ2) is 4.82. The second-order valence-electron chi connectivity index (χ2n) is 3.33. The molecule has 0 radical (unpaired) electrons. The first-order valence-corrected chi connectivity index (χ1v) is 5.50. The first-order chi connectivity index (χ1) is 8.08. The zero-order chi connectivity index (χ0) is 12.4. The van der Waals surface area contributed by atoms with Crippen LogP contribution in [0.1, 0.15) is 0 Å². The fraction of sp³-hybridized carbons (Fsp3) is 0. The molecule has 0 saturated carbocycles. The van der Waals surface area contributed by atoms with Gasteiger partial charge >= 0.3 is 0 Å². The van der Waals surface area contributed by atoms with Crippen LogP contribution in [0.25, 0.3) is 0 Å². The lowest BCUT2D eigenvalue weighted by molar-refractivity contribution is 0.483. The second-order valence-corrected chi connectivity index (χ2v) is 4.14. The number of ether oxygens (including phenoxy) is 1. The van der Waals surface area contributed by atoms with Crippen LogP contribution in [-0.4, -0.2) is 0 Å². The van der Waals surface area contributed by atoms with Gasteiger partial charge in [-0.05, 0) is 24.3 Å². The van der Waals surface area contributed by atoms with Crippen LogP contribution in [0.3, 0.4) is 0 Å². The summed E-state index contributed by atoms with van der Waals surface area (Å²) < 4.78 is 18.4. The number of anilines is 1. The molecule has 0 amide bonds. The van der Waals surface area contributed by atoms with Gasteiger partial charge in [-0.1, -0.05) is 29.3 Å². The summed E-state index contributed by atoms with van der Waals surface area (Å²) in [6, 6.07) is 9.08. The van der Waals surface area contributed by atoms with E-state index >= 15 is 0 Å². The van der Waals surface area contributed by atoms with E-state index < -0.39 is 5.82 Å². The molecule has 2 nitrogen and oxygen atoms in total. The van der Waals surface area contributed by atoms with Gasteiger partial charge in [0.25, 0.3) is 0 Å². The predicted octanol–water partition coefficient (Wildman–Crippen LogP) is 4.51. The van der Waals surface area contributed by atoms with E-state index in [1.165, 1.54) is 18.2 Å². The molecule has 0 aromatic heterocycles. The molecular weight excluding hydrogens is 264 g/mol. The third kappa shape index (κ3) is 2.62. The minimum absolute atomic E-state index is 0.0110. The van der Waals surface area contributed by atoms with Gasteiger partial charge in [0.15, 0.2) is 5.75 Å². The molecule has 0 aliphatic carbocycles. The zero-order valence-electron chi connectivity index (χ0n) is 8.58. The van der Waals surface area contributed by atoms with Crippen LogP contribution in [0.5, 0.6) is 11.5 Å². The van der Waals surface area contributed by atoms with Gasteiger partial charge < -0.3 is 10.5 Å². The number of hydrogen-bond acceptors (Lipinski definition) is 2. The number of nitrogens with two attached hydrogens (primary N) is 1. The summed E-state index contributed by atoms with van der Waals surface area (Å²) >= 11 is 11.5. The third-order valence-corrected chi connectivity index (χ3v) is 2.75. The van der Waals surface area contributed by atoms with Crippen molar-refractivity contribution in [2.24, 2.45) is 0 Å². The topological polar surface area (TPSA) is 35.2 Å². The number of halogens is 3. The van der Waals surface area contributed by atoms with Crippen LogP contribution in [0.15, 0.2) is 36.4 Å². The summed E-state index contributed by atoms with van der Waals surface area (Å²) in [4.78, 5) is 0. The van der Waals surface area contributed by atoms with Crippen LogP contribution in [0.2, 0.25) is 10.0 Å². The molecule has 0 fully saturated rings. The standard InChI is InChI=1S/C12H8Cl2FNO/c13-8-2-1-3-11(12(8)16)17-7-4-5-10(15)9(14)6-7/h1-6H,16H2. The molecular formula is C12H8Cl2FNO. The smallest absolute Gasteiger partial charge is 0.151 e. The lowest BCUT2D eigenvalue weighted by Gasteiger charge is -2.09. The van der Waals surface area contributed by atoms with E-state index in [-0.39, 0.29) is 5.02 Å². The summed E-state index contributed by atoms with van der Waals surface area (Å²) in [5.74, 6) is 0.295. The fourth-order valence-corrected chi connectivity index (χ4v) is 1.61. The first kappa shape index (κ1) is 12.0. The average molecular weight is 272 g/mol. The van der Waals surface area contributed by atoms with Gasteiger partial charge in [-0.15, -0.1) is 0 Å². The van der Waals surface area contributed by atoms with Crippen molar-refractivity contribution in [2.75, 3.05) is 5.73 Å². The monoisotopic (exact) mass is 271 g/mol. The molecule has 0 bridgehead atoms. The summed E-state index contributed by atoms with van der Waals surface area (Å²) in [7, 11) is 0. The van der Waals surface area contributed by atoms with Gasteiger partial charge in [0.05, 0.1) is 15.7 Å². The summed E-state index contributed by atoms with van der Waals surface area (Å²) in [6.07, 6.45) is 0. The quantitative estimate of drug-likeness (QED) is 0.816. The molecule has 5 heteroatoms. The van der Waals surface area contributed by atoms with Crippen LogP contribution in [0, 0.1) is 5.82 Å². The van der Waals surface area contributed by atoms with Crippen molar-refractivity contribution < 1.29 is 9.13 Å². The Morgan fingerprint density at radius 2 is 1.82 bits per heavy atom. The summed E-state index contributed by atoms with van der Waals surface area (Å²) in [6.45, 7) is 0. The van der Waals surface area contributed by atoms with Crippen LogP contribution >= 0.6 is 23.2 Å². The minimum atomic E-state index is -0.502. The van der Waals surface area contributed by atoms with E-state index in [4.69, 9.17) is 33.7 Å². The van der Waals surface area contributed by atoms with E-state index in [1.54, 1.807) is 18.2 Å². The van der Waals surface area contributed by atoms with Crippen molar-refractivity contribution in [3.63, 3.8) is 0 Å². The van der Waals surface area contributed by atoms with Gasteiger partial charge in [0, 0.05) is 6.07 Å². The Labute approximate surface area is 108 Å². The van der Waals surface area contributed by atoms with Crippen LogP contribution < -0.4 is 10.5 Å². The van der Waals surface area contributed by atoms with Gasteiger partial charge in [0.1, 0.15) is 11.6 Å². The SMILES string of the molecule is Nc1c(Cl)cccc1Oc1ccc(F)c(Cl)c1. The zero-order valence-corrected chi connectivity index (χ0v) is 10.1. The van der Waals surface area contributed by atoms with Crippen molar-refractivity contribution in [3.8, 4) is 11.5 Å². The van der Waals surface area contributed by atoms with Gasteiger partial charge in [0.2, 0.25) is 0 Å². The van der Waals surface area contributed by atoms with Crippen LogP contribution in [-0.2, 0) is 0 Å². The highest BCUT2D eigenvalue weighted by molar-refractivity contribution is 6.33. The molecule has 0 aliphatic rings. The molecule has 0 atom stereocenters. The summed E-state index contributed by atoms with van der Waals surface area (Å²) in [5.41, 5.74) is 6.06. The van der Waals surface area contributed by atoms with E-state index in [2.05, 4.69) is 0 Å². The van der Waals surface area contributed by atoms with Crippen molar-refractivity contribution in [1.29, 1.82) is 0 Å². The maximum Gasteiger partial charge on any atom is 0.151 e. The molecule has 88 valence electrons. The number of benzene rings is 2. The predicted molar refractivity (Wildman–Crippen MR) is 67.3 cm³/mol. The number of nitrogen functional groups attached to an aromatic ring is 1. The van der Waals surface area contributed by atoms with E-state index in [0.29, 0.717) is 22.2 Å². The molecule has 0 spiro atoms. The van der Waals surface area contributed by atoms with Crippen molar-refractivity contribution in [2.45, 2.75) is 0 Å². The maximum atomic E-state index is 12.9. The van der Waals surface area contributed by atoms with Gasteiger partial charge in [-0.2, -0.15) is 0 Å². The highest BCUT2D eigenvalue weighted by Crippen LogP contribution is 2.33. The van der Waals surface area contributed by atoms with Crippen LogP contribution in [0.4, 0.5) is 10.1 Å². The van der Waals surface area contributed by atoms with Crippen molar-refractivity contribution in [3.05, 3.63) is 52.3 Å². The minimum Gasteiger partial charge on any atom is -0.455 e. The fourth-order valence-electron chi connectivity index (χ4n) is 1.27. The lowest BCUT2D eigenvalue weighted by Crippen LogP contribution is -1.93. The normalized spacial score (nSPS) is 10.3. The molecule has 17 heavy (non-hydrogen) atoms. The molecule has 2 N–H and O–H groups in total. The van der Waals surface area contributed by atoms with Gasteiger partial charge in [-0.25, -0.2) is 4.39 Å². The van der Waals surface area contributed by atoms with E-state index in [0.717, 1.165) is 0 Å². The summed E-state index contributed by atoms with van der Waals surface area (Å²) in [5, 5.41) is 0.388. The number of rotatable bonds is 2. The highest BCUT2D eigenvalue weighted by Gasteiger charge is 2.07. The molecule has 2 rings (SSSR count). The maximum absolute atomic E-state index is 12.9. The Kier molecular flexibility index (Phi) is 3.41. The number of para-hydroxylation sites is 1. The largest absolute Gasteiger partial charge is 0.455 e. The molecule has 0 aliphatic heterocycles. The Morgan fingerprint density at radius 1 is 1.06 bits per heavy atom. The Bertz CT molecular complexity index is 560. The average Bonchev–Trinajstić information content (AvgIpc) is 2.30. The third-order valence-electron chi connectivity index (χ3n) is 2.13. The number of hydrogen-bond donors (Lipinski definition) is 1. The Morgan fingerprint density at radius 3 is 2.53 bits per heavy atom. The molecule has 2 aromatic rings. The van der Waals surface area contributed by atoms with Crippen molar-refractivity contribution >= 4 is 28.9 Å². The molecule has 0 unspecified atom stereocenters. The first-order valence-electron chi connectivity index (χ1n) is 4.75. The highest BCUT2D eigenvalue weighted by atomic mass is 35.5. The Balaban J connectivity index is 2.31. The van der Waals surface area contributed by atoms with E-state index in [1.807, 2.05) is 0 Å². The molecule has 0 heterocycles. The van der Waals surface area contributed by atoms with E-state index in [9.17, 15) is 4.39 Å². The molecule has 2 aromatic carbocycles. The lowest BCUT2D eigenvalue weighted by atomic mass is 10.3. The molecule has 0 saturated heterocycles. The van der Waals surface area contributed by atoms with Gasteiger partial charge in [-0.3, -0.25) is 0 Å².